The number of ether oxygens (including phenoxy) is 1. The summed E-state index contributed by atoms with van der Waals surface area (Å²) in [7, 11) is 0. The highest BCUT2D eigenvalue weighted by atomic mass is 32.1. The molecule has 4 rings (SSSR count). The van der Waals surface area contributed by atoms with Crippen LogP contribution in [-0.2, 0) is 6.42 Å². The minimum atomic E-state index is -0.0102. The zero-order chi connectivity index (χ0) is 12.8. The van der Waals surface area contributed by atoms with Gasteiger partial charge in [0.25, 0.3) is 5.56 Å². The van der Waals surface area contributed by atoms with Crippen LogP contribution in [0.5, 0.6) is 5.75 Å². The highest BCUT2D eigenvalue weighted by Gasteiger charge is 2.20. The number of hydrogen-bond acceptors (Lipinski definition) is 3. The minimum absolute atomic E-state index is 0.0102. The van der Waals surface area contributed by atoms with Crippen LogP contribution in [0.1, 0.15) is 5.56 Å². The van der Waals surface area contributed by atoms with Crippen LogP contribution < -0.4 is 10.3 Å². The van der Waals surface area contributed by atoms with Crippen LogP contribution in [0.4, 0.5) is 0 Å². The first-order valence-corrected chi connectivity index (χ1v) is 7.07. The molecule has 1 N–H and O–H groups in total. The van der Waals surface area contributed by atoms with Gasteiger partial charge in [0.1, 0.15) is 5.75 Å². The van der Waals surface area contributed by atoms with Gasteiger partial charge in [-0.05, 0) is 29.1 Å². The number of benzene rings is 1. The summed E-state index contributed by atoms with van der Waals surface area (Å²) in [6, 6.07) is 9.77. The van der Waals surface area contributed by atoms with Gasteiger partial charge in [-0.3, -0.25) is 4.79 Å². The molecule has 0 fully saturated rings. The smallest absolute Gasteiger partial charge is 0.257 e. The predicted octanol–water partition coefficient (Wildman–Crippen LogP) is 3.19. The van der Waals surface area contributed by atoms with Crippen LogP contribution in [0.25, 0.3) is 21.3 Å². The van der Waals surface area contributed by atoms with E-state index in [1.807, 2.05) is 35.7 Å². The Labute approximate surface area is 113 Å². The van der Waals surface area contributed by atoms with E-state index in [9.17, 15) is 4.79 Å². The maximum absolute atomic E-state index is 12.4. The normalized spacial score (nSPS) is 13.5. The second kappa shape index (κ2) is 3.96. The SMILES string of the molecule is O=c1[nH]c2cccc3c2c(c1-c1cccs1)CCO3. The second-order valence-electron chi connectivity index (χ2n) is 4.56. The van der Waals surface area contributed by atoms with E-state index in [0.29, 0.717) is 6.61 Å². The van der Waals surface area contributed by atoms with Crippen LogP contribution in [0.2, 0.25) is 0 Å². The van der Waals surface area contributed by atoms with E-state index < -0.39 is 0 Å². The molecule has 2 aromatic heterocycles. The summed E-state index contributed by atoms with van der Waals surface area (Å²) in [6.07, 6.45) is 0.782. The first-order chi connectivity index (χ1) is 9.34. The number of rotatable bonds is 1. The molecular weight excluding hydrogens is 258 g/mol. The van der Waals surface area contributed by atoms with Crippen LogP contribution in [0, 0.1) is 0 Å². The molecule has 1 aromatic carbocycles. The Hall–Kier alpha value is -2.07. The van der Waals surface area contributed by atoms with Crippen molar-refractivity contribution in [3.63, 3.8) is 0 Å². The van der Waals surface area contributed by atoms with Crippen LogP contribution in [0.15, 0.2) is 40.5 Å². The van der Waals surface area contributed by atoms with Gasteiger partial charge in [-0.15, -0.1) is 11.3 Å². The van der Waals surface area contributed by atoms with Crippen molar-refractivity contribution in [1.82, 2.24) is 4.98 Å². The Morgan fingerprint density at radius 3 is 3.00 bits per heavy atom. The molecule has 0 atom stereocenters. The second-order valence-corrected chi connectivity index (χ2v) is 5.51. The van der Waals surface area contributed by atoms with E-state index in [0.717, 1.165) is 39.1 Å². The molecule has 0 radical (unpaired) electrons. The average Bonchev–Trinajstić information content (AvgIpc) is 2.93. The fourth-order valence-corrected chi connectivity index (χ4v) is 3.50. The Kier molecular flexibility index (Phi) is 2.26. The molecule has 1 aliphatic heterocycles. The number of thiophene rings is 1. The Morgan fingerprint density at radius 2 is 2.16 bits per heavy atom. The van der Waals surface area contributed by atoms with Gasteiger partial charge in [0.05, 0.1) is 17.7 Å². The van der Waals surface area contributed by atoms with Crippen LogP contribution >= 0.6 is 11.3 Å². The molecule has 3 nitrogen and oxygen atoms in total. The lowest BCUT2D eigenvalue weighted by molar-refractivity contribution is 0.318. The summed E-state index contributed by atoms with van der Waals surface area (Å²) < 4.78 is 5.69. The van der Waals surface area contributed by atoms with Crippen molar-refractivity contribution in [3.05, 3.63) is 51.6 Å². The Balaban J connectivity index is 2.19. The molecule has 19 heavy (non-hydrogen) atoms. The maximum Gasteiger partial charge on any atom is 0.257 e. The fraction of sp³-hybridized carbons (Fsp3) is 0.133. The van der Waals surface area contributed by atoms with E-state index >= 15 is 0 Å². The quantitative estimate of drug-likeness (QED) is 0.737. The number of nitrogens with one attached hydrogen (secondary N) is 1. The predicted molar refractivity (Wildman–Crippen MR) is 77.1 cm³/mol. The summed E-state index contributed by atoms with van der Waals surface area (Å²) >= 11 is 1.60. The largest absolute Gasteiger partial charge is 0.493 e. The van der Waals surface area contributed by atoms with E-state index in [1.54, 1.807) is 11.3 Å². The zero-order valence-corrected chi connectivity index (χ0v) is 10.9. The van der Waals surface area contributed by atoms with Gasteiger partial charge in [-0.2, -0.15) is 0 Å². The van der Waals surface area contributed by atoms with Crippen molar-refractivity contribution in [2.45, 2.75) is 6.42 Å². The lowest BCUT2D eigenvalue weighted by atomic mass is 9.97. The van der Waals surface area contributed by atoms with Crippen molar-refractivity contribution >= 4 is 22.2 Å². The van der Waals surface area contributed by atoms with Crippen molar-refractivity contribution < 1.29 is 4.74 Å². The summed E-state index contributed by atoms with van der Waals surface area (Å²) in [5, 5.41) is 3.05. The molecule has 0 bridgehead atoms. The molecule has 0 saturated heterocycles. The third-order valence-corrected chi connectivity index (χ3v) is 4.37. The number of pyridine rings is 1. The van der Waals surface area contributed by atoms with Crippen molar-refractivity contribution in [1.29, 1.82) is 0 Å². The van der Waals surface area contributed by atoms with E-state index in [4.69, 9.17) is 4.74 Å². The average molecular weight is 269 g/mol. The number of aromatic nitrogens is 1. The number of aromatic amines is 1. The standard InChI is InChI=1S/C15H11NO2S/c17-15-14(12-5-2-8-19-12)9-6-7-18-11-4-1-3-10(16-15)13(9)11/h1-5,8H,6-7H2,(H,16,17). The summed E-state index contributed by atoms with van der Waals surface area (Å²) in [4.78, 5) is 16.3. The Bertz CT molecular complexity index is 818. The Morgan fingerprint density at radius 1 is 1.21 bits per heavy atom. The molecule has 0 spiro atoms. The van der Waals surface area contributed by atoms with E-state index in [1.165, 1.54) is 0 Å². The summed E-state index contributed by atoms with van der Waals surface area (Å²) in [5.41, 5.74) is 2.77. The molecule has 3 aromatic rings. The molecule has 4 heteroatoms. The monoisotopic (exact) mass is 269 g/mol. The van der Waals surface area contributed by atoms with Gasteiger partial charge in [-0.1, -0.05) is 12.1 Å². The van der Waals surface area contributed by atoms with Crippen molar-refractivity contribution in [3.8, 4) is 16.2 Å². The molecule has 3 heterocycles. The van der Waals surface area contributed by atoms with Gasteiger partial charge >= 0.3 is 0 Å². The van der Waals surface area contributed by atoms with Crippen molar-refractivity contribution in [2.75, 3.05) is 6.61 Å². The minimum Gasteiger partial charge on any atom is -0.493 e. The third kappa shape index (κ3) is 1.53. The van der Waals surface area contributed by atoms with Gasteiger partial charge in [0.15, 0.2) is 0 Å². The summed E-state index contributed by atoms with van der Waals surface area (Å²) in [6.45, 7) is 0.633. The fourth-order valence-electron chi connectivity index (χ4n) is 2.71. The number of hydrogen-bond donors (Lipinski definition) is 1. The maximum atomic E-state index is 12.4. The molecule has 94 valence electrons. The van der Waals surface area contributed by atoms with Gasteiger partial charge in [0, 0.05) is 16.7 Å². The molecule has 1 aliphatic rings. The molecule has 0 saturated carbocycles. The third-order valence-electron chi connectivity index (χ3n) is 3.48. The summed E-state index contributed by atoms with van der Waals surface area (Å²) in [5.74, 6) is 0.868. The van der Waals surface area contributed by atoms with E-state index in [-0.39, 0.29) is 5.56 Å². The first kappa shape index (κ1) is 10.8. The molecule has 0 unspecified atom stereocenters. The van der Waals surface area contributed by atoms with Gasteiger partial charge in [-0.25, -0.2) is 0 Å². The molecular formula is C15H11NO2S. The lowest BCUT2D eigenvalue weighted by Gasteiger charge is -2.20. The first-order valence-electron chi connectivity index (χ1n) is 6.19. The lowest BCUT2D eigenvalue weighted by Crippen LogP contribution is -2.17. The van der Waals surface area contributed by atoms with Gasteiger partial charge < -0.3 is 9.72 Å². The molecule has 0 aliphatic carbocycles. The van der Waals surface area contributed by atoms with Gasteiger partial charge in [0.2, 0.25) is 0 Å². The molecule has 0 amide bonds. The highest BCUT2D eigenvalue weighted by molar-refractivity contribution is 7.13. The number of H-pyrrole nitrogens is 1. The topological polar surface area (TPSA) is 42.1 Å². The van der Waals surface area contributed by atoms with Crippen LogP contribution in [-0.4, -0.2) is 11.6 Å². The van der Waals surface area contributed by atoms with Crippen molar-refractivity contribution in [2.24, 2.45) is 0 Å². The van der Waals surface area contributed by atoms with Crippen LogP contribution in [0.3, 0.4) is 0 Å². The highest BCUT2D eigenvalue weighted by Crippen LogP contribution is 2.36. The zero-order valence-electron chi connectivity index (χ0n) is 10.1. The van der Waals surface area contributed by atoms with E-state index in [2.05, 4.69) is 4.98 Å².